The molecule has 0 fully saturated rings. The van der Waals surface area contributed by atoms with Gasteiger partial charge in [0.25, 0.3) is 0 Å². The van der Waals surface area contributed by atoms with Gasteiger partial charge in [0.15, 0.2) is 0 Å². The van der Waals surface area contributed by atoms with Crippen molar-refractivity contribution in [3.05, 3.63) is 28.2 Å². The van der Waals surface area contributed by atoms with Gasteiger partial charge in [-0.05, 0) is 37.6 Å². The Morgan fingerprint density at radius 2 is 2.00 bits per heavy atom. The third-order valence-corrected chi connectivity index (χ3v) is 3.44. The molecule has 7 nitrogen and oxygen atoms in total. The number of benzene rings is 1. The van der Waals surface area contributed by atoms with E-state index < -0.39 is 18.0 Å². The lowest BCUT2D eigenvalue weighted by atomic mass is 10.2. The molecule has 8 heteroatoms. The van der Waals surface area contributed by atoms with Gasteiger partial charge < -0.3 is 21.3 Å². The quantitative estimate of drug-likeness (QED) is 0.725. The zero-order valence-corrected chi connectivity index (χ0v) is 14.2. The molecule has 0 saturated carbocycles. The minimum Gasteiger partial charge on any atom is -0.352 e. The zero-order valence-electron chi connectivity index (χ0n) is 12.6. The van der Waals surface area contributed by atoms with Crippen LogP contribution in [0.5, 0.6) is 0 Å². The molecule has 120 valence electrons. The van der Waals surface area contributed by atoms with Gasteiger partial charge in [-0.2, -0.15) is 0 Å². The first-order valence-electron chi connectivity index (χ1n) is 6.57. The monoisotopic (exact) mass is 370 g/mol. The molecule has 1 rings (SSSR count). The molecule has 4 N–H and O–H groups in total. The van der Waals surface area contributed by atoms with E-state index in [1.807, 2.05) is 19.1 Å². The number of amides is 4. The molecular formula is C14H19BrN4O3. The summed E-state index contributed by atoms with van der Waals surface area (Å²) in [6, 6.07) is 3.89. The van der Waals surface area contributed by atoms with E-state index in [1.54, 1.807) is 6.07 Å². The van der Waals surface area contributed by atoms with Crippen molar-refractivity contribution >= 4 is 39.5 Å². The van der Waals surface area contributed by atoms with Crippen LogP contribution >= 0.6 is 15.9 Å². The maximum atomic E-state index is 12.0. The first kappa shape index (κ1) is 18.0. The summed E-state index contributed by atoms with van der Waals surface area (Å²) in [5.41, 5.74) is 6.54. The summed E-state index contributed by atoms with van der Waals surface area (Å²) in [7, 11) is 1.48. The van der Waals surface area contributed by atoms with Crippen LogP contribution in [0.15, 0.2) is 22.7 Å². The maximum absolute atomic E-state index is 12.0. The Morgan fingerprint density at radius 1 is 1.36 bits per heavy atom. The Bertz CT molecular complexity index is 591. The van der Waals surface area contributed by atoms with Crippen molar-refractivity contribution in [3.8, 4) is 0 Å². The molecule has 0 aliphatic carbocycles. The zero-order chi connectivity index (χ0) is 16.9. The number of urea groups is 1. The van der Waals surface area contributed by atoms with Gasteiger partial charge in [-0.15, -0.1) is 0 Å². The average molecular weight is 371 g/mol. The number of hydrogen-bond acceptors (Lipinski definition) is 3. The van der Waals surface area contributed by atoms with Gasteiger partial charge in [0, 0.05) is 17.2 Å². The van der Waals surface area contributed by atoms with E-state index in [4.69, 9.17) is 5.73 Å². The second-order valence-corrected chi connectivity index (χ2v) is 5.85. The van der Waals surface area contributed by atoms with Crippen molar-refractivity contribution in [1.29, 1.82) is 0 Å². The number of nitrogens with two attached hydrogens (primary N) is 1. The summed E-state index contributed by atoms with van der Waals surface area (Å²) < 4.78 is 0.918. The second-order valence-electron chi connectivity index (χ2n) is 4.93. The van der Waals surface area contributed by atoms with Crippen molar-refractivity contribution in [2.45, 2.75) is 19.9 Å². The van der Waals surface area contributed by atoms with Crippen LogP contribution in [0.4, 0.5) is 10.5 Å². The molecule has 1 unspecified atom stereocenters. The van der Waals surface area contributed by atoms with Crippen molar-refractivity contribution in [1.82, 2.24) is 10.2 Å². The van der Waals surface area contributed by atoms with Crippen LogP contribution in [0.1, 0.15) is 12.5 Å². The van der Waals surface area contributed by atoms with E-state index in [2.05, 4.69) is 26.6 Å². The Hall–Kier alpha value is -2.09. The molecule has 0 spiro atoms. The van der Waals surface area contributed by atoms with Gasteiger partial charge in [-0.3, -0.25) is 9.59 Å². The van der Waals surface area contributed by atoms with E-state index in [9.17, 15) is 14.4 Å². The molecule has 0 heterocycles. The number of carbonyl (C=O) groups excluding carboxylic acids is 3. The SMILES string of the molecule is Cc1cc(Br)ccc1NC(=O)CN(C)C(=O)C(C)NC(N)=O. The van der Waals surface area contributed by atoms with Gasteiger partial charge in [0.2, 0.25) is 11.8 Å². The highest BCUT2D eigenvalue weighted by atomic mass is 79.9. The lowest BCUT2D eigenvalue weighted by Gasteiger charge is -2.21. The topological polar surface area (TPSA) is 105 Å². The first-order chi connectivity index (χ1) is 10.2. The third kappa shape index (κ3) is 5.36. The number of nitrogens with zero attached hydrogens (tertiary/aromatic N) is 1. The minimum atomic E-state index is -0.788. The molecule has 0 bridgehead atoms. The predicted octanol–water partition coefficient (Wildman–Crippen LogP) is 1.21. The number of nitrogens with one attached hydrogen (secondary N) is 2. The fourth-order valence-corrected chi connectivity index (χ4v) is 2.33. The van der Waals surface area contributed by atoms with Crippen molar-refractivity contribution in [2.75, 3.05) is 18.9 Å². The van der Waals surface area contributed by atoms with Crippen molar-refractivity contribution in [2.24, 2.45) is 5.73 Å². The van der Waals surface area contributed by atoms with Crippen molar-refractivity contribution in [3.63, 3.8) is 0 Å². The standard InChI is InChI=1S/C14H19BrN4O3/c1-8-6-10(15)4-5-11(8)18-12(20)7-19(3)13(21)9(2)17-14(16)22/h4-6,9H,7H2,1-3H3,(H,18,20)(H3,16,17,22). The molecular weight excluding hydrogens is 352 g/mol. The number of aryl methyl sites for hydroxylation is 1. The Labute approximate surface area is 137 Å². The molecule has 22 heavy (non-hydrogen) atoms. The predicted molar refractivity (Wildman–Crippen MR) is 87.3 cm³/mol. The van der Waals surface area contributed by atoms with Crippen molar-refractivity contribution < 1.29 is 14.4 Å². The molecule has 0 aliphatic rings. The number of hydrogen-bond donors (Lipinski definition) is 3. The van der Waals surface area contributed by atoms with Crippen LogP contribution in [0.25, 0.3) is 0 Å². The minimum absolute atomic E-state index is 0.126. The Morgan fingerprint density at radius 3 is 2.55 bits per heavy atom. The molecule has 1 atom stereocenters. The fourth-order valence-electron chi connectivity index (χ4n) is 1.86. The largest absolute Gasteiger partial charge is 0.352 e. The normalized spacial score (nSPS) is 11.5. The van der Waals surface area contributed by atoms with Gasteiger partial charge >= 0.3 is 6.03 Å². The first-order valence-corrected chi connectivity index (χ1v) is 7.37. The van der Waals surface area contributed by atoms with E-state index in [0.29, 0.717) is 5.69 Å². The molecule has 0 aliphatic heterocycles. The lowest BCUT2D eigenvalue weighted by molar-refractivity contribution is -0.134. The number of primary amides is 1. The van der Waals surface area contributed by atoms with E-state index in [0.717, 1.165) is 10.0 Å². The van der Waals surface area contributed by atoms with Gasteiger partial charge in [0.1, 0.15) is 6.04 Å². The van der Waals surface area contributed by atoms with E-state index in [-0.39, 0.29) is 12.5 Å². The maximum Gasteiger partial charge on any atom is 0.312 e. The number of rotatable bonds is 5. The fraction of sp³-hybridized carbons (Fsp3) is 0.357. The highest BCUT2D eigenvalue weighted by molar-refractivity contribution is 9.10. The van der Waals surface area contributed by atoms with Crippen LogP contribution < -0.4 is 16.4 Å². The molecule has 1 aromatic carbocycles. The number of likely N-dealkylation sites (N-methyl/N-ethyl adjacent to an activating group) is 1. The number of carbonyl (C=O) groups is 3. The summed E-state index contributed by atoms with van der Waals surface area (Å²) >= 11 is 3.35. The Balaban J connectivity index is 2.60. The van der Waals surface area contributed by atoms with Crippen LogP contribution in [-0.4, -0.2) is 42.4 Å². The summed E-state index contributed by atoms with van der Waals surface area (Å²) in [4.78, 5) is 35.9. The molecule has 4 amide bonds. The van der Waals surface area contributed by atoms with Crippen LogP contribution in [0, 0.1) is 6.92 Å². The average Bonchev–Trinajstić information content (AvgIpc) is 2.40. The van der Waals surface area contributed by atoms with Crippen LogP contribution in [0.3, 0.4) is 0 Å². The van der Waals surface area contributed by atoms with Gasteiger partial charge in [-0.25, -0.2) is 4.79 Å². The van der Waals surface area contributed by atoms with E-state index in [1.165, 1.54) is 18.9 Å². The van der Waals surface area contributed by atoms with E-state index >= 15 is 0 Å². The molecule has 0 aromatic heterocycles. The van der Waals surface area contributed by atoms with Gasteiger partial charge in [-0.1, -0.05) is 15.9 Å². The van der Waals surface area contributed by atoms with Crippen LogP contribution in [0.2, 0.25) is 0 Å². The molecule has 0 radical (unpaired) electrons. The highest BCUT2D eigenvalue weighted by Gasteiger charge is 2.20. The highest BCUT2D eigenvalue weighted by Crippen LogP contribution is 2.19. The second kappa shape index (κ2) is 7.79. The number of halogens is 1. The number of anilines is 1. The molecule has 0 saturated heterocycles. The summed E-state index contributed by atoms with van der Waals surface area (Å²) in [6.45, 7) is 3.24. The smallest absolute Gasteiger partial charge is 0.312 e. The summed E-state index contributed by atoms with van der Waals surface area (Å²) in [5.74, 6) is -0.728. The summed E-state index contributed by atoms with van der Waals surface area (Å²) in [6.07, 6.45) is 0. The van der Waals surface area contributed by atoms with Gasteiger partial charge in [0.05, 0.1) is 6.54 Å². The van der Waals surface area contributed by atoms with Crippen LogP contribution in [-0.2, 0) is 9.59 Å². The molecule has 1 aromatic rings. The third-order valence-electron chi connectivity index (χ3n) is 2.95. The Kier molecular flexibility index (Phi) is 6.36. The lowest BCUT2D eigenvalue weighted by Crippen LogP contribution is -2.48. The summed E-state index contributed by atoms with van der Waals surface area (Å²) in [5, 5.41) is 5.01.